The number of nitrogens with one attached hydrogen (secondary N) is 1. The fraction of sp³-hybridized carbons (Fsp3) is 0.688. The SMILES string of the molecule is O=C(O)C1CCCCCC1Nc1ncnc2c1CCCC2. The Bertz CT molecular complexity index is 518. The summed E-state index contributed by atoms with van der Waals surface area (Å²) < 4.78 is 0. The highest BCUT2D eigenvalue weighted by Gasteiger charge is 2.30. The van der Waals surface area contributed by atoms with E-state index in [0.717, 1.165) is 56.5 Å². The molecule has 5 nitrogen and oxygen atoms in total. The van der Waals surface area contributed by atoms with Gasteiger partial charge >= 0.3 is 5.97 Å². The second-order valence-corrected chi connectivity index (χ2v) is 6.19. The molecule has 1 aromatic heterocycles. The molecule has 2 atom stereocenters. The molecular weight excluding hydrogens is 266 g/mol. The van der Waals surface area contributed by atoms with Crippen LogP contribution in [0.3, 0.4) is 0 Å². The summed E-state index contributed by atoms with van der Waals surface area (Å²) in [6.45, 7) is 0. The molecule has 2 unspecified atom stereocenters. The first kappa shape index (κ1) is 14.3. The monoisotopic (exact) mass is 289 g/mol. The molecule has 0 bridgehead atoms. The summed E-state index contributed by atoms with van der Waals surface area (Å²) in [5, 5.41) is 12.9. The van der Waals surface area contributed by atoms with Gasteiger partial charge in [-0.25, -0.2) is 9.97 Å². The van der Waals surface area contributed by atoms with Gasteiger partial charge in [-0.1, -0.05) is 19.3 Å². The van der Waals surface area contributed by atoms with Crippen molar-refractivity contribution in [2.24, 2.45) is 5.92 Å². The van der Waals surface area contributed by atoms with Crippen LogP contribution in [0, 0.1) is 5.92 Å². The van der Waals surface area contributed by atoms with Crippen molar-refractivity contribution in [2.75, 3.05) is 5.32 Å². The minimum Gasteiger partial charge on any atom is -0.481 e. The number of carbonyl (C=O) groups is 1. The van der Waals surface area contributed by atoms with Crippen molar-refractivity contribution in [3.8, 4) is 0 Å². The lowest BCUT2D eigenvalue weighted by atomic mass is 9.93. The van der Waals surface area contributed by atoms with E-state index in [1.165, 1.54) is 18.4 Å². The van der Waals surface area contributed by atoms with Gasteiger partial charge in [-0.15, -0.1) is 0 Å². The summed E-state index contributed by atoms with van der Waals surface area (Å²) in [4.78, 5) is 20.3. The maximum atomic E-state index is 11.5. The maximum Gasteiger partial charge on any atom is 0.308 e. The maximum absolute atomic E-state index is 11.5. The zero-order chi connectivity index (χ0) is 14.7. The van der Waals surface area contributed by atoms with Crippen molar-refractivity contribution in [1.29, 1.82) is 0 Å². The average molecular weight is 289 g/mol. The summed E-state index contributed by atoms with van der Waals surface area (Å²) >= 11 is 0. The zero-order valence-electron chi connectivity index (χ0n) is 12.3. The van der Waals surface area contributed by atoms with Gasteiger partial charge in [-0.2, -0.15) is 0 Å². The number of aliphatic carboxylic acids is 1. The van der Waals surface area contributed by atoms with Gasteiger partial charge in [0.25, 0.3) is 0 Å². The van der Waals surface area contributed by atoms with Gasteiger partial charge in [0.1, 0.15) is 12.1 Å². The minimum absolute atomic E-state index is 0.00840. The second-order valence-electron chi connectivity index (χ2n) is 6.19. The largest absolute Gasteiger partial charge is 0.481 e. The number of fused-ring (bicyclic) bond motifs is 1. The molecule has 5 heteroatoms. The summed E-state index contributed by atoms with van der Waals surface area (Å²) in [5.74, 6) is -0.114. The molecule has 21 heavy (non-hydrogen) atoms. The van der Waals surface area contributed by atoms with E-state index in [0.29, 0.717) is 0 Å². The molecule has 2 aliphatic rings. The first-order chi connectivity index (χ1) is 10.3. The van der Waals surface area contributed by atoms with Crippen molar-refractivity contribution in [2.45, 2.75) is 63.8 Å². The van der Waals surface area contributed by atoms with Crippen molar-refractivity contribution in [1.82, 2.24) is 9.97 Å². The summed E-state index contributed by atoms with van der Waals surface area (Å²) in [7, 11) is 0. The van der Waals surface area contributed by atoms with E-state index in [2.05, 4.69) is 15.3 Å². The molecule has 1 saturated carbocycles. The third-order valence-corrected chi connectivity index (χ3v) is 4.78. The Hall–Kier alpha value is -1.65. The Balaban J connectivity index is 1.82. The molecule has 0 aromatic carbocycles. The molecule has 1 fully saturated rings. The number of carboxylic acid groups (broad SMARTS) is 1. The lowest BCUT2D eigenvalue weighted by molar-refractivity contribution is -0.142. The standard InChI is InChI=1S/C16H23N3O2/c20-16(21)12-7-2-1-3-9-14(12)19-15-11-6-4-5-8-13(11)17-10-18-15/h10,12,14H,1-9H2,(H,20,21)(H,17,18,19). The number of carboxylic acids is 1. The van der Waals surface area contributed by atoms with Crippen molar-refractivity contribution < 1.29 is 9.90 Å². The topological polar surface area (TPSA) is 75.1 Å². The molecule has 1 heterocycles. The molecule has 2 N–H and O–H groups in total. The van der Waals surface area contributed by atoms with Crippen LogP contribution in [0.15, 0.2) is 6.33 Å². The minimum atomic E-state index is -0.683. The van der Waals surface area contributed by atoms with Crippen LogP contribution in [0.4, 0.5) is 5.82 Å². The van der Waals surface area contributed by atoms with E-state index in [1.807, 2.05) is 0 Å². The average Bonchev–Trinajstić information content (AvgIpc) is 2.73. The predicted octanol–water partition coefficient (Wildman–Crippen LogP) is 2.80. The predicted molar refractivity (Wildman–Crippen MR) is 80.3 cm³/mol. The fourth-order valence-corrected chi connectivity index (χ4v) is 3.60. The molecule has 114 valence electrons. The molecule has 0 aliphatic heterocycles. The number of hydrogen-bond acceptors (Lipinski definition) is 4. The van der Waals surface area contributed by atoms with Crippen LogP contribution in [0.2, 0.25) is 0 Å². The van der Waals surface area contributed by atoms with E-state index < -0.39 is 5.97 Å². The van der Waals surface area contributed by atoms with Gasteiger partial charge in [0.05, 0.1) is 5.92 Å². The lowest BCUT2D eigenvalue weighted by Gasteiger charge is -2.26. The normalized spacial score (nSPS) is 25.7. The molecule has 0 amide bonds. The Kier molecular flexibility index (Phi) is 4.36. The van der Waals surface area contributed by atoms with E-state index in [4.69, 9.17) is 0 Å². The lowest BCUT2D eigenvalue weighted by Crippen LogP contribution is -2.34. The number of rotatable bonds is 3. The van der Waals surface area contributed by atoms with Gasteiger partial charge in [0.15, 0.2) is 0 Å². The Morgan fingerprint density at radius 1 is 1.10 bits per heavy atom. The molecule has 3 rings (SSSR count). The van der Waals surface area contributed by atoms with Crippen LogP contribution in [0.1, 0.15) is 56.2 Å². The van der Waals surface area contributed by atoms with Crippen LogP contribution >= 0.6 is 0 Å². The zero-order valence-corrected chi connectivity index (χ0v) is 12.3. The smallest absolute Gasteiger partial charge is 0.308 e. The highest BCUT2D eigenvalue weighted by Crippen LogP contribution is 2.29. The highest BCUT2D eigenvalue weighted by atomic mass is 16.4. The molecule has 2 aliphatic carbocycles. The van der Waals surface area contributed by atoms with E-state index >= 15 is 0 Å². The van der Waals surface area contributed by atoms with E-state index in [1.54, 1.807) is 6.33 Å². The first-order valence-electron chi connectivity index (χ1n) is 8.08. The Labute approximate surface area is 125 Å². The number of aryl methyl sites for hydroxylation is 1. The van der Waals surface area contributed by atoms with Crippen LogP contribution in [0.5, 0.6) is 0 Å². The van der Waals surface area contributed by atoms with Crippen LogP contribution in [-0.2, 0) is 17.6 Å². The quantitative estimate of drug-likeness (QED) is 0.837. The van der Waals surface area contributed by atoms with Crippen LogP contribution < -0.4 is 5.32 Å². The number of anilines is 1. The first-order valence-corrected chi connectivity index (χ1v) is 8.08. The number of nitrogens with zero attached hydrogens (tertiary/aromatic N) is 2. The fourth-order valence-electron chi connectivity index (χ4n) is 3.60. The van der Waals surface area contributed by atoms with Crippen molar-refractivity contribution in [3.05, 3.63) is 17.6 Å². The van der Waals surface area contributed by atoms with Crippen molar-refractivity contribution >= 4 is 11.8 Å². The van der Waals surface area contributed by atoms with E-state index in [-0.39, 0.29) is 12.0 Å². The van der Waals surface area contributed by atoms with Crippen LogP contribution in [0.25, 0.3) is 0 Å². The van der Waals surface area contributed by atoms with Crippen molar-refractivity contribution in [3.63, 3.8) is 0 Å². The van der Waals surface area contributed by atoms with Gasteiger partial charge in [0.2, 0.25) is 0 Å². The highest BCUT2D eigenvalue weighted by molar-refractivity contribution is 5.71. The molecule has 0 radical (unpaired) electrons. The molecule has 0 spiro atoms. The third kappa shape index (κ3) is 3.17. The number of hydrogen-bond donors (Lipinski definition) is 2. The summed E-state index contributed by atoms with van der Waals surface area (Å²) in [6.07, 6.45) is 10.9. The van der Waals surface area contributed by atoms with Gasteiger partial charge in [-0.3, -0.25) is 4.79 Å². The van der Waals surface area contributed by atoms with Gasteiger partial charge in [-0.05, 0) is 38.5 Å². The van der Waals surface area contributed by atoms with Gasteiger partial charge < -0.3 is 10.4 Å². The Morgan fingerprint density at radius 2 is 1.90 bits per heavy atom. The third-order valence-electron chi connectivity index (χ3n) is 4.78. The van der Waals surface area contributed by atoms with Crippen LogP contribution in [-0.4, -0.2) is 27.1 Å². The Morgan fingerprint density at radius 3 is 2.76 bits per heavy atom. The summed E-state index contributed by atoms with van der Waals surface area (Å²) in [5.41, 5.74) is 2.34. The summed E-state index contributed by atoms with van der Waals surface area (Å²) in [6, 6.07) is -0.00840. The van der Waals surface area contributed by atoms with Gasteiger partial charge in [0, 0.05) is 17.3 Å². The second kappa shape index (κ2) is 6.41. The molecular formula is C16H23N3O2. The molecule has 1 aromatic rings. The number of aromatic nitrogens is 2. The molecule has 0 saturated heterocycles. The van der Waals surface area contributed by atoms with E-state index in [9.17, 15) is 9.90 Å².